The first-order chi connectivity index (χ1) is 8.90. The van der Waals surface area contributed by atoms with Crippen molar-refractivity contribution in [1.82, 2.24) is 5.32 Å². The molecule has 2 aliphatic rings. The quantitative estimate of drug-likeness (QED) is 0.770. The number of hydrogen-bond donors (Lipinski definition) is 1. The fraction of sp³-hybridized carbons (Fsp3) is 0.875. The van der Waals surface area contributed by atoms with Crippen LogP contribution in [0.15, 0.2) is 11.8 Å². The molecule has 0 aromatic rings. The van der Waals surface area contributed by atoms with Gasteiger partial charge in [-0.3, -0.25) is 0 Å². The Labute approximate surface area is 112 Å². The lowest BCUT2D eigenvalue weighted by Crippen LogP contribution is -2.35. The third-order valence-corrected chi connectivity index (χ3v) is 4.24. The van der Waals surface area contributed by atoms with Gasteiger partial charge in [-0.25, -0.2) is 0 Å². The van der Waals surface area contributed by atoms with Gasteiger partial charge in [-0.1, -0.05) is 39.0 Å². The van der Waals surface area contributed by atoms with Gasteiger partial charge in [0.25, 0.3) is 0 Å². The van der Waals surface area contributed by atoms with E-state index < -0.39 is 0 Å². The van der Waals surface area contributed by atoms with Gasteiger partial charge >= 0.3 is 0 Å². The molecule has 2 heteroatoms. The van der Waals surface area contributed by atoms with Gasteiger partial charge in [0, 0.05) is 0 Å². The minimum atomic E-state index is 0.480. The lowest BCUT2D eigenvalue weighted by atomic mass is 9.84. The van der Waals surface area contributed by atoms with E-state index in [0.29, 0.717) is 6.04 Å². The lowest BCUT2D eigenvalue weighted by Gasteiger charge is -2.30. The van der Waals surface area contributed by atoms with Crippen molar-refractivity contribution in [2.45, 2.75) is 70.8 Å². The Morgan fingerprint density at radius 1 is 1.28 bits per heavy atom. The highest BCUT2D eigenvalue weighted by Crippen LogP contribution is 2.29. The number of rotatable bonds is 6. The number of hydrogen-bond acceptors (Lipinski definition) is 2. The molecule has 18 heavy (non-hydrogen) atoms. The summed E-state index contributed by atoms with van der Waals surface area (Å²) >= 11 is 0. The molecule has 2 rings (SSSR count). The molecule has 1 saturated carbocycles. The van der Waals surface area contributed by atoms with Gasteiger partial charge in [0.2, 0.25) is 0 Å². The largest absolute Gasteiger partial charge is 0.497 e. The zero-order chi connectivity index (χ0) is 12.6. The molecule has 0 aromatic carbocycles. The summed E-state index contributed by atoms with van der Waals surface area (Å²) < 4.78 is 5.88. The summed E-state index contributed by atoms with van der Waals surface area (Å²) in [5.41, 5.74) is 0. The van der Waals surface area contributed by atoms with Crippen LogP contribution in [0.3, 0.4) is 0 Å². The summed E-state index contributed by atoms with van der Waals surface area (Å²) in [6.07, 6.45) is 14.4. The van der Waals surface area contributed by atoms with E-state index in [2.05, 4.69) is 18.3 Å². The maximum absolute atomic E-state index is 5.88. The Kier molecular flexibility index (Phi) is 6.06. The number of nitrogens with one attached hydrogen (secondary N) is 1. The molecule has 0 saturated heterocycles. The van der Waals surface area contributed by atoms with Crippen molar-refractivity contribution in [3.8, 4) is 0 Å². The highest BCUT2D eigenvalue weighted by atomic mass is 16.5. The number of ether oxygens (including phenoxy) is 1. The van der Waals surface area contributed by atoms with Crippen molar-refractivity contribution >= 4 is 0 Å². The topological polar surface area (TPSA) is 21.3 Å². The van der Waals surface area contributed by atoms with E-state index >= 15 is 0 Å². The predicted molar refractivity (Wildman–Crippen MR) is 76.5 cm³/mol. The molecule has 0 aromatic heterocycles. The van der Waals surface area contributed by atoms with Crippen LogP contribution in [0.25, 0.3) is 0 Å². The first-order valence-corrected chi connectivity index (χ1v) is 7.96. The molecule has 1 N–H and O–H groups in total. The average Bonchev–Trinajstić information content (AvgIpc) is 2.45. The van der Waals surface area contributed by atoms with Crippen LogP contribution in [0, 0.1) is 5.92 Å². The van der Waals surface area contributed by atoms with Gasteiger partial charge in [0.15, 0.2) is 0 Å². The first-order valence-electron chi connectivity index (χ1n) is 7.96. The van der Waals surface area contributed by atoms with E-state index in [1.807, 2.05) is 0 Å². The van der Waals surface area contributed by atoms with Crippen molar-refractivity contribution in [2.24, 2.45) is 5.92 Å². The Morgan fingerprint density at radius 3 is 2.78 bits per heavy atom. The van der Waals surface area contributed by atoms with E-state index in [0.717, 1.165) is 19.1 Å². The zero-order valence-corrected chi connectivity index (χ0v) is 11.9. The normalized spacial score (nSPS) is 23.3. The molecule has 2 nitrogen and oxygen atoms in total. The van der Waals surface area contributed by atoms with Crippen molar-refractivity contribution in [1.29, 1.82) is 0 Å². The molecule has 0 radical (unpaired) electrons. The monoisotopic (exact) mass is 251 g/mol. The van der Waals surface area contributed by atoms with Crippen LogP contribution in [-0.2, 0) is 4.74 Å². The molecule has 0 bridgehead atoms. The summed E-state index contributed by atoms with van der Waals surface area (Å²) in [6, 6.07) is 0.480. The molecular weight excluding hydrogens is 222 g/mol. The third kappa shape index (κ3) is 4.31. The zero-order valence-electron chi connectivity index (χ0n) is 11.9. The summed E-state index contributed by atoms with van der Waals surface area (Å²) in [7, 11) is 0. The molecule has 1 aliphatic heterocycles. The fourth-order valence-electron chi connectivity index (χ4n) is 3.19. The maximum atomic E-state index is 5.88. The second-order valence-electron chi connectivity index (χ2n) is 5.84. The lowest BCUT2D eigenvalue weighted by molar-refractivity contribution is 0.155. The minimum Gasteiger partial charge on any atom is -0.497 e. The molecule has 1 atom stereocenters. The van der Waals surface area contributed by atoms with Crippen LogP contribution in [0.1, 0.15) is 64.7 Å². The standard InChI is InChI=1S/C16H29NO/c1-2-11-17-15(16-10-6-7-12-18-16)13-14-8-4-3-5-9-14/h10,14-15,17H,2-9,11-13H2,1H3. The van der Waals surface area contributed by atoms with Crippen LogP contribution < -0.4 is 5.32 Å². The second kappa shape index (κ2) is 7.83. The molecule has 104 valence electrons. The van der Waals surface area contributed by atoms with Crippen molar-refractivity contribution < 1.29 is 4.74 Å². The molecule has 1 heterocycles. The Morgan fingerprint density at radius 2 is 2.11 bits per heavy atom. The van der Waals surface area contributed by atoms with Gasteiger partial charge in [0.05, 0.1) is 12.6 Å². The maximum Gasteiger partial charge on any atom is 0.109 e. The van der Waals surface area contributed by atoms with Gasteiger partial charge in [0.1, 0.15) is 5.76 Å². The Balaban J connectivity index is 1.88. The van der Waals surface area contributed by atoms with Gasteiger partial charge in [-0.05, 0) is 44.2 Å². The van der Waals surface area contributed by atoms with Crippen LogP contribution in [0.2, 0.25) is 0 Å². The molecule has 0 amide bonds. The van der Waals surface area contributed by atoms with E-state index in [1.54, 1.807) is 0 Å². The highest BCUT2D eigenvalue weighted by Gasteiger charge is 2.23. The fourth-order valence-corrected chi connectivity index (χ4v) is 3.19. The van der Waals surface area contributed by atoms with E-state index in [-0.39, 0.29) is 0 Å². The van der Waals surface area contributed by atoms with Gasteiger partial charge in [-0.15, -0.1) is 0 Å². The van der Waals surface area contributed by atoms with E-state index in [4.69, 9.17) is 4.74 Å². The van der Waals surface area contributed by atoms with Gasteiger partial charge in [-0.2, -0.15) is 0 Å². The van der Waals surface area contributed by atoms with Crippen molar-refractivity contribution in [3.63, 3.8) is 0 Å². The van der Waals surface area contributed by atoms with E-state index in [9.17, 15) is 0 Å². The van der Waals surface area contributed by atoms with Crippen LogP contribution >= 0.6 is 0 Å². The summed E-state index contributed by atoms with van der Waals surface area (Å²) in [5.74, 6) is 2.15. The smallest absolute Gasteiger partial charge is 0.109 e. The summed E-state index contributed by atoms with van der Waals surface area (Å²) in [6.45, 7) is 4.26. The molecule has 1 aliphatic carbocycles. The second-order valence-corrected chi connectivity index (χ2v) is 5.84. The molecule has 1 fully saturated rings. The average molecular weight is 251 g/mol. The summed E-state index contributed by atoms with van der Waals surface area (Å²) in [5, 5.41) is 3.69. The predicted octanol–water partition coefficient (Wildman–Crippen LogP) is 4.02. The molecular formula is C16H29NO. The minimum absolute atomic E-state index is 0.480. The third-order valence-electron chi connectivity index (χ3n) is 4.24. The Hall–Kier alpha value is -0.500. The summed E-state index contributed by atoms with van der Waals surface area (Å²) in [4.78, 5) is 0. The van der Waals surface area contributed by atoms with Gasteiger partial charge < -0.3 is 10.1 Å². The van der Waals surface area contributed by atoms with Crippen LogP contribution in [0.4, 0.5) is 0 Å². The first kappa shape index (κ1) is 13.9. The highest BCUT2D eigenvalue weighted by molar-refractivity contribution is 5.06. The van der Waals surface area contributed by atoms with Crippen LogP contribution in [0.5, 0.6) is 0 Å². The van der Waals surface area contributed by atoms with Crippen LogP contribution in [-0.4, -0.2) is 19.2 Å². The van der Waals surface area contributed by atoms with E-state index in [1.165, 1.54) is 63.5 Å². The number of allylic oxidation sites excluding steroid dienone is 1. The molecule has 1 unspecified atom stereocenters. The van der Waals surface area contributed by atoms with Crippen molar-refractivity contribution in [3.05, 3.63) is 11.8 Å². The Bertz CT molecular complexity index is 256. The molecule has 0 spiro atoms. The van der Waals surface area contributed by atoms with Crippen molar-refractivity contribution in [2.75, 3.05) is 13.2 Å². The SMILES string of the molecule is CCCNC(CC1CCCCC1)C1=CCCCO1.